The topological polar surface area (TPSA) is 29.5 Å². The van der Waals surface area contributed by atoms with Crippen molar-refractivity contribution in [2.24, 2.45) is 0 Å². The molecule has 0 aliphatic carbocycles. The highest BCUT2D eigenvalue weighted by Gasteiger charge is 2.23. The summed E-state index contributed by atoms with van der Waals surface area (Å²) in [6.45, 7) is 0.748. The van der Waals surface area contributed by atoms with Crippen LogP contribution in [-0.4, -0.2) is 11.7 Å². The monoisotopic (exact) mass is 260 g/mol. The smallest absolute Gasteiger partial charge is 0.0855 e. The van der Waals surface area contributed by atoms with Gasteiger partial charge in [0.15, 0.2) is 0 Å². The van der Waals surface area contributed by atoms with E-state index in [-0.39, 0.29) is 6.10 Å². The number of benzene rings is 1. The molecule has 3 heteroatoms. The normalized spacial score (nSPS) is 20.4. The van der Waals surface area contributed by atoms with E-state index in [9.17, 15) is 5.11 Å². The molecule has 2 heterocycles. The Labute approximate surface area is 111 Å². The Kier molecular flexibility index (Phi) is 3.46. The van der Waals surface area contributed by atoms with Gasteiger partial charge in [0.25, 0.3) is 0 Å². The third-order valence-electron chi connectivity index (χ3n) is 3.46. The maximum Gasteiger partial charge on any atom is 0.0855 e. The Hall–Kier alpha value is -1.16. The summed E-state index contributed by atoms with van der Waals surface area (Å²) in [5, 5.41) is 14.2. The molecule has 2 nitrogen and oxygen atoms in total. The van der Waals surface area contributed by atoms with Gasteiger partial charge in [-0.05, 0) is 39.9 Å². The van der Waals surface area contributed by atoms with Gasteiger partial charge in [-0.1, -0.05) is 24.3 Å². The van der Waals surface area contributed by atoms with Crippen molar-refractivity contribution in [1.82, 2.24) is 0 Å². The second-order valence-electron chi connectivity index (χ2n) is 4.62. The Bertz CT molecular complexity index is 507. The molecule has 1 aliphatic rings. The molecule has 0 radical (unpaired) electrons. The Morgan fingerprint density at radius 2 is 2.22 bits per heavy atom. The lowest BCUT2D eigenvalue weighted by Crippen LogP contribution is -2.18. The summed E-state index contributed by atoms with van der Waals surface area (Å²) >= 11 is 1.61. The van der Waals surface area contributed by atoms with Crippen LogP contribution in [0.25, 0.3) is 0 Å². The fraction of sp³-hybridized carbons (Fsp3) is 0.333. The summed E-state index contributed by atoms with van der Waals surface area (Å²) in [4.78, 5) is 0. The number of ether oxygens (including phenoxy) is 1. The molecule has 2 unspecified atom stereocenters. The molecule has 3 rings (SSSR count). The lowest BCUT2D eigenvalue weighted by molar-refractivity contribution is 0.00386. The minimum atomic E-state index is -0.438. The van der Waals surface area contributed by atoms with Crippen molar-refractivity contribution in [2.45, 2.75) is 25.0 Å². The highest BCUT2D eigenvalue weighted by atomic mass is 32.1. The maximum absolute atomic E-state index is 10.2. The molecule has 2 atom stereocenters. The Morgan fingerprint density at radius 1 is 1.33 bits per heavy atom. The van der Waals surface area contributed by atoms with Crippen LogP contribution in [0.1, 0.15) is 35.3 Å². The van der Waals surface area contributed by atoms with Crippen LogP contribution < -0.4 is 0 Å². The summed E-state index contributed by atoms with van der Waals surface area (Å²) < 4.78 is 5.82. The number of aliphatic hydroxyl groups excluding tert-OH is 1. The number of hydrogen-bond acceptors (Lipinski definition) is 3. The van der Waals surface area contributed by atoms with Gasteiger partial charge in [-0.2, -0.15) is 11.3 Å². The van der Waals surface area contributed by atoms with Crippen LogP contribution >= 0.6 is 11.3 Å². The SMILES string of the molecule is OC(CC1OCCc2ccccc21)c1ccsc1. The Morgan fingerprint density at radius 3 is 3.06 bits per heavy atom. The summed E-state index contributed by atoms with van der Waals surface area (Å²) in [5.41, 5.74) is 3.58. The van der Waals surface area contributed by atoms with Crippen molar-refractivity contribution >= 4 is 11.3 Å². The molecule has 1 N–H and O–H groups in total. The fourth-order valence-corrected chi connectivity index (χ4v) is 3.18. The number of rotatable bonds is 3. The van der Waals surface area contributed by atoms with Crippen molar-refractivity contribution in [1.29, 1.82) is 0 Å². The first-order chi connectivity index (χ1) is 8.84. The quantitative estimate of drug-likeness (QED) is 0.915. The van der Waals surface area contributed by atoms with Crippen LogP contribution in [-0.2, 0) is 11.2 Å². The summed E-state index contributed by atoms with van der Waals surface area (Å²) in [7, 11) is 0. The van der Waals surface area contributed by atoms with Gasteiger partial charge in [0.1, 0.15) is 0 Å². The molecule has 0 amide bonds. The van der Waals surface area contributed by atoms with E-state index < -0.39 is 6.10 Å². The molecule has 18 heavy (non-hydrogen) atoms. The van der Waals surface area contributed by atoms with E-state index in [2.05, 4.69) is 18.2 Å². The summed E-state index contributed by atoms with van der Waals surface area (Å²) in [5.74, 6) is 0. The number of fused-ring (bicyclic) bond motifs is 1. The Balaban J connectivity index is 1.78. The lowest BCUT2D eigenvalue weighted by atomic mass is 9.93. The third-order valence-corrected chi connectivity index (χ3v) is 4.16. The average molecular weight is 260 g/mol. The second-order valence-corrected chi connectivity index (χ2v) is 5.40. The van der Waals surface area contributed by atoms with E-state index in [0.29, 0.717) is 6.42 Å². The van der Waals surface area contributed by atoms with Gasteiger partial charge in [-0.15, -0.1) is 0 Å². The van der Waals surface area contributed by atoms with Gasteiger partial charge in [0.2, 0.25) is 0 Å². The van der Waals surface area contributed by atoms with Crippen molar-refractivity contribution in [3.63, 3.8) is 0 Å². The van der Waals surface area contributed by atoms with Gasteiger partial charge in [0, 0.05) is 6.42 Å². The molecule has 0 saturated heterocycles. The van der Waals surface area contributed by atoms with E-state index in [1.54, 1.807) is 11.3 Å². The molecule has 0 fully saturated rings. The van der Waals surface area contributed by atoms with Gasteiger partial charge < -0.3 is 9.84 Å². The maximum atomic E-state index is 10.2. The van der Waals surface area contributed by atoms with Crippen LogP contribution in [0.15, 0.2) is 41.1 Å². The van der Waals surface area contributed by atoms with Crippen LogP contribution in [0.5, 0.6) is 0 Å². The zero-order valence-electron chi connectivity index (χ0n) is 10.1. The molecule has 2 aromatic rings. The zero-order chi connectivity index (χ0) is 12.4. The zero-order valence-corrected chi connectivity index (χ0v) is 10.9. The molecule has 1 aromatic carbocycles. The summed E-state index contributed by atoms with van der Waals surface area (Å²) in [6.07, 6.45) is 1.19. The van der Waals surface area contributed by atoms with Gasteiger partial charge in [0.05, 0.1) is 18.8 Å². The third kappa shape index (κ3) is 2.34. The van der Waals surface area contributed by atoms with Crippen molar-refractivity contribution < 1.29 is 9.84 Å². The highest BCUT2D eigenvalue weighted by Crippen LogP contribution is 2.34. The number of hydrogen-bond donors (Lipinski definition) is 1. The first kappa shape index (κ1) is 11.9. The first-order valence-corrected chi connectivity index (χ1v) is 7.18. The average Bonchev–Trinajstić information content (AvgIpc) is 2.93. The van der Waals surface area contributed by atoms with E-state index in [4.69, 9.17) is 4.74 Å². The van der Waals surface area contributed by atoms with Gasteiger partial charge in [-0.3, -0.25) is 0 Å². The second kappa shape index (κ2) is 5.22. The number of aliphatic hydroxyl groups is 1. The molecule has 0 spiro atoms. The van der Waals surface area contributed by atoms with E-state index in [1.807, 2.05) is 22.9 Å². The molecule has 1 aliphatic heterocycles. The lowest BCUT2D eigenvalue weighted by Gasteiger charge is -2.27. The first-order valence-electron chi connectivity index (χ1n) is 6.24. The number of thiophene rings is 1. The predicted octanol–water partition coefficient (Wildman–Crippen LogP) is 3.49. The van der Waals surface area contributed by atoms with Crippen molar-refractivity contribution in [3.05, 3.63) is 57.8 Å². The predicted molar refractivity (Wildman–Crippen MR) is 72.7 cm³/mol. The van der Waals surface area contributed by atoms with Gasteiger partial charge in [-0.25, -0.2) is 0 Å². The minimum Gasteiger partial charge on any atom is -0.388 e. The summed E-state index contributed by atoms with van der Waals surface area (Å²) in [6, 6.07) is 10.3. The molecule has 0 bridgehead atoms. The molecule has 94 valence electrons. The van der Waals surface area contributed by atoms with Crippen molar-refractivity contribution in [3.8, 4) is 0 Å². The van der Waals surface area contributed by atoms with Crippen LogP contribution in [0.2, 0.25) is 0 Å². The molecule has 1 aromatic heterocycles. The molecule has 0 saturated carbocycles. The largest absolute Gasteiger partial charge is 0.388 e. The van der Waals surface area contributed by atoms with Crippen LogP contribution in [0.4, 0.5) is 0 Å². The molecular weight excluding hydrogens is 244 g/mol. The minimum absolute atomic E-state index is 0.0184. The van der Waals surface area contributed by atoms with E-state index in [1.165, 1.54) is 11.1 Å². The van der Waals surface area contributed by atoms with Gasteiger partial charge >= 0.3 is 0 Å². The van der Waals surface area contributed by atoms with Crippen molar-refractivity contribution in [2.75, 3.05) is 6.61 Å². The van der Waals surface area contributed by atoms with Crippen LogP contribution in [0.3, 0.4) is 0 Å². The van der Waals surface area contributed by atoms with E-state index in [0.717, 1.165) is 18.6 Å². The molecular formula is C15H16O2S. The fourth-order valence-electron chi connectivity index (χ4n) is 2.48. The van der Waals surface area contributed by atoms with Crippen LogP contribution in [0, 0.1) is 0 Å². The standard InChI is InChI=1S/C15H16O2S/c16-14(12-6-8-18-10-12)9-15-13-4-2-1-3-11(13)5-7-17-15/h1-4,6,8,10,14-16H,5,7,9H2. The van der Waals surface area contributed by atoms with E-state index >= 15 is 0 Å². The highest BCUT2D eigenvalue weighted by molar-refractivity contribution is 7.07.